The van der Waals surface area contributed by atoms with E-state index in [1.54, 1.807) is 12.4 Å². The van der Waals surface area contributed by atoms with Crippen LogP contribution < -0.4 is 5.73 Å². The van der Waals surface area contributed by atoms with Crippen LogP contribution in [-0.2, 0) is 13.0 Å². The highest BCUT2D eigenvalue weighted by molar-refractivity contribution is 5.90. The molecule has 1 saturated heterocycles. The van der Waals surface area contributed by atoms with E-state index < -0.39 is 0 Å². The van der Waals surface area contributed by atoms with Crippen molar-refractivity contribution in [2.24, 2.45) is 0 Å². The molecule has 0 radical (unpaired) electrons. The molecule has 0 spiro atoms. The van der Waals surface area contributed by atoms with E-state index in [1.807, 2.05) is 43.0 Å². The lowest BCUT2D eigenvalue weighted by Crippen LogP contribution is -2.29. The average Bonchev–Trinajstić information content (AvgIpc) is 3.34. The molecule has 0 aliphatic carbocycles. The number of imidazole rings is 1. The van der Waals surface area contributed by atoms with Gasteiger partial charge in [-0.25, -0.2) is 4.98 Å². The first-order valence-electron chi connectivity index (χ1n) is 12.5. The number of hydrogen-bond donors (Lipinski definition) is 2. The summed E-state index contributed by atoms with van der Waals surface area (Å²) in [5, 5.41) is 0. The molecule has 7 heteroatoms. The number of aromatic amines is 1. The van der Waals surface area contributed by atoms with Gasteiger partial charge in [0.2, 0.25) is 0 Å². The fourth-order valence-electron chi connectivity index (χ4n) is 5.04. The maximum absolute atomic E-state index is 6.40. The van der Waals surface area contributed by atoms with E-state index in [4.69, 9.17) is 10.7 Å². The maximum atomic E-state index is 6.40. The minimum absolute atomic E-state index is 0.602. The molecule has 1 fully saturated rings. The predicted molar refractivity (Wildman–Crippen MR) is 143 cm³/mol. The number of fused-ring (bicyclic) bond motifs is 1. The van der Waals surface area contributed by atoms with Crippen LogP contribution in [0.15, 0.2) is 73.6 Å². The van der Waals surface area contributed by atoms with Gasteiger partial charge in [-0.1, -0.05) is 12.5 Å². The number of rotatable bonds is 6. The van der Waals surface area contributed by atoms with Crippen LogP contribution >= 0.6 is 0 Å². The lowest BCUT2D eigenvalue weighted by molar-refractivity contribution is 0.220. The lowest BCUT2D eigenvalue weighted by atomic mass is 10.00. The van der Waals surface area contributed by atoms with E-state index in [0.717, 1.165) is 56.9 Å². The molecule has 4 aromatic heterocycles. The average molecular weight is 476 g/mol. The summed E-state index contributed by atoms with van der Waals surface area (Å²) >= 11 is 0. The summed E-state index contributed by atoms with van der Waals surface area (Å²) in [4.78, 5) is 23.9. The number of piperidine rings is 1. The van der Waals surface area contributed by atoms with E-state index in [9.17, 15) is 0 Å². The van der Waals surface area contributed by atoms with E-state index >= 15 is 0 Å². The molecule has 1 aliphatic rings. The zero-order valence-corrected chi connectivity index (χ0v) is 20.2. The monoisotopic (exact) mass is 475 g/mol. The normalized spacial score (nSPS) is 14.3. The molecular weight excluding hydrogens is 446 g/mol. The molecule has 0 amide bonds. The zero-order valence-electron chi connectivity index (χ0n) is 20.2. The molecule has 5 aromatic rings. The van der Waals surface area contributed by atoms with Crippen molar-refractivity contribution in [1.82, 2.24) is 29.8 Å². The van der Waals surface area contributed by atoms with Gasteiger partial charge in [-0.3, -0.25) is 19.9 Å². The fraction of sp³-hybridized carbons (Fsp3) is 0.241. The Morgan fingerprint density at radius 1 is 0.806 bits per heavy atom. The van der Waals surface area contributed by atoms with Crippen LogP contribution in [0.2, 0.25) is 0 Å². The number of benzene rings is 1. The Morgan fingerprint density at radius 2 is 1.64 bits per heavy atom. The molecule has 7 nitrogen and oxygen atoms in total. The third-order valence-corrected chi connectivity index (χ3v) is 6.92. The largest absolute Gasteiger partial charge is 0.398 e. The van der Waals surface area contributed by atoms with Crippen LogP contribution in [0.5, 0.6) is 0 Å². The smallest absolute Gasteiger partial charge is 0.111 e. The summed E-state index contributed by atoms with van der Waals surface area (Å²) in [6.07, 6.45) is 15.7. The number of aromatic nitrogens is 5. The molecule has 1 aromatic carbocycles. The van der Waals surface area contributed by atoms with Gasteiger partial charge in [-0.05, 0) is 78.5 Å². The highest BCUT2D eigenvalue weighted by Gasteiger charge is 2.14. The van der Waals surface area contributed by atoms with Crippen LogP contribution in [0.25, 0.3) is 33.3 Å². The van der Waals surface area contributed by atoms with E-state index in [2.05, 4.69) is 43.0 Å². The van der Waals surface area contributed by atoms with Gasteiger partial charge >= 0.3 is 0 Å². The maximum Gasteiger partial charge on any atom is 0.111 e. The molecule has 3 N–H and O–H groups in total. The number of anilines is 1. The van der Waals surface area contributed by atoms with Crippen molar-refractivity contribution >= 4 is 16.7 Å². The van der Waals surface area contributed by atoms with Crippen LogP contribution in [0.3, 0.4) is 0 Å². The van der Waals surface area contributed by atoms with Gasteiger partial charge in [0, 0.05) is 60.8 Å². The molecule has 0 bridgehead atoms. The van der Waals surface area contributed by atoms with Crippen LogP contribution in [0.1, 0.15) is 36.2 Å². The van der Waals surface area contributed by atoms with E-state index in [0.29, 0.717) is 6.42 Å². The quantitative estimate of drug-likeness (QED) is 0.326. The minimum atomic E-state index is 0.602. The van der Waals surface area contributed by atoms with Crippen molar-refractivity contribution in [3.63, 3.8) is 0 Å². The van der Waals surface area contributed by atoms with Crippen LogP contribution in [-0.4, -0.2) is 42.9 Å². The first-order chi connectivity index (χ1) is 17.7. The number of H-pyrrole nitrogens is 1. The van der Waals surface area contributed by atoms with Crippen molar-refractivity contribution in [2.75, 3.05) is 18.8 Å². The number of pyridine rings is 3. The Hall–Kier alpha value is -4.10. The predicted octanol–water partition coefficient (Wildman–Crippen LogP) is 5.24. The van der Waals surface area contributed by atoms with Gasteiger partial charge in [0.15, 0.2) is 0 Å². The Kier molecular flexibility index (Phi) is 6.13. The van der Waals surface area contributed by atoms with Gasteiger partial charge < -0.3 is 10.7 Å². The van der Waals surface area contributed by atoms with Crippen molar-refractivity contribution in [3.05, 3.63) is 90.5 Å². The molecule has 0 saturated carbocycles. The number of nitrogens with two attached hydrogens (primary N) is 1. The topological polar surface area (TPSA) is 96.6 Å². The Morgan fingerprint density at radius 3 is 2.50 bits per heavy atom. The van der Waals surface area contributed by atoms with Gasteiger partial charge in [-0.15, -0.1) is 0 Å². The van der Waals surface area contributed by atoms with E-state index in [-0.39, 0.29) is 0 Å². The van der Waals surface area contributed by atoms with E-state index in [1.165, 1.54) is 37.9 Å². The molecule has 0 atom stereocenters. The Balaban J connectivity index is 1.27. The van der Waals surface area contributed by atoms with Crippen molar-refractivity contribution in [1.29, 1.82) is 0 Å². The summed E-state index contributed by atoms with van der Waals surface area (Å²) in [5.41, 5.74) is 15.5. The Labute approximate surface area is 210 Å². The van der Waals surface area contributed by atoms with Crippen molar-refractivity contribution < 1.29 is 0 Å². The first-order valence-corrected chi connectivity index (χ1v) is 12.5. The third kappa shape index (κ3) is 4.70. The van der Waals surface area contributed by atoms with Crippen LogP contribution in [0, 0.1) is 0 Å². The first kappa shape index (κ1) is 22.4. The Bertz CT molecular complexity index is 1490. The number of nitrogens with one attached hydrogen (secondary N) is 1. The molecule has 0 unspecified atom stereocenters. The van der Waals surface area contributed by atoms with Crippen LogP contribution in [0.4, 0.5) is 5.69 Å². The molecule has 5 heterocycles. The molecule has 36 heavy (non-hydrogen) atoms. The lowest BCUT2D eigenvalue weighted by Gasteiger charge is -2.26. The molecule has 1 aliphatic heterocycles. The highest BCUT2D eigenvalue weighted by atomic mass is 15.1. The standard InChI is InChI=1S/C29H29N7/c30-26-5-4-22(24-12-20(15-32-16-24)19-36-10-2-1-3-11-36)13-23(26)14-28-34-27-18-33-17-25(29(27)35-28)21-6-8-31-9-7-21/h4-9,12-13,15-18H,1-3,10-11,14,19,30H2,(H,34,35). The minimum Gasteiger partial charge on any atom is -0.398 e. The van der Waals surface area contributed by atoms with Gasteiger partial charge in [-0.2, -0.15) is 0 Å². The summed E-state index contributed by atoms with van der Waals surface area (Å²) in [6, 6.07) is 12.4. The second-order valence-electron chi connectivity index (χ2n) is 9.51. The second-order valence-corrected chi connectivity index (χ2v) is 9.51. The number of nitrogens with zero attached hydrogens (tertiary/aromatic N) is 5. The third-order valence-electron chi connectivity index (χ3n) is 6.92. The van der Waals surface area contributed by atoms with Gasteiger partial charge in [0.1, 0.15) is 5.82 Å². The van der Waals surface area contributed by atoms with Gasteiger partial charge in [0.25, 0.3) is 0 Å². The fourth-order valence-corrected chi connectivity index (χ4v) is 5.04. The van der Waals surface area contributed by atoms with Crippen molar-refractivity contribution in [2.45, 2.75) is 32.2 Å². The SMILES string of the molecule is Nc1ccc(-c2cncc(CN3CCCCC3)c2)cc1Cc1nc2c(-c3ccncc3)cncc2[nH]1. The number of likely N-dealkylation sites (tertiary alicyclic amines) is 1. The number of nitrogen functional groups attached to an aromatic ring is 1. The summed E-state index contributed by atoms with van der Waals surface area (Å²) in [6.45, 7) is 3.30. The molecule has 6 rings (SSSR count). The number of hydrogen-bond acceptors (Lipinski definition) is 6. The second kappa shape index (κ2) is 9.87. The summed E-state index contributed by atoms with van der Waals surface area (Å²) < 4.78 is 0. The summed E-state index contributed by atoms with van der Waals surface area (Å²) in [5.74, 6) is 0.856. The highest BCUT2D eigenvalue weighted by Crippen LogP contribution is 2.29. The summed E-state index contributed by atoms with van der Waals surface area (Å²) in [7, 11) is 0. The van der Waals surface area contributed by atoms with Gasteiger partial charge in [0.05, 0.1) is 17.2 Å². The van der Waals surface area contributed by atoms with Crippen molar-refractivity contribution in [3.8, 4) is 22.3 Å². The molecule has 180 valence electrons. The zero-order chi connectivity index (χ0) is 24.3. The molecular formula is C29H29N7.